The van der Waals surface area contributed by atoms with Gasteiger partial charge in [0.15, 0.2) is 0 Å². The Bertz CT molecular complexity index is 226. The molecule has 0 unspecified atom stereocenters. The maximum absolute atomic E-state index is 3.46. The van der Waals surface area contributed by atoms with Crippen molar-refractivity contribution in [3.63, 3.8) is 0 Å². The summed E-state index contributed by atoms with van der Waals surface area (Å²) in [6, 6.07) is 4.95. The molecule has 0 bridgehead atoms. The van der Waals surface area contributed by atoms with Gasteiger partial charge in [-0.1, -0.05) is 0 Å². The van der Waals surface area contributed by atoms with E-state index in [4.69, 9.17) is 0 Å². The molecule has 2 rings (SSSR count). The van der Waals surface area contributed by atoms with Gasteiger partial charge in [-0.25, -0.2) is 0 Å². The lowest BCUT2D eigenvalue weighted by atomic mass is 10.4. The third-order valence-corrected chi connectivity index (χ3v) is 2.29. The van der Waals surface area contributed by atoms with Gasteiger partial charge < -0.3 is 15.6 Å². The molecule has 3 nitrogen and oxygen atoms in total. The number of aromatic amines is 1. The zero-order valence-electron chi connectivity index (χ0n) is 7.84. The quantitative estimate of drug-likeness (QED) is 0.567. The lowest BCUT2D eigenvalue weighted by Gasteiger charge is -2.03. The number of nitrogens with one attached hydrogen (secondary N) is 3. The highest BCUT2D eigenvalue weighted by molar-refractivity contribution is 5.02. The minimum atomic E-state index is 0.826. The van der Waals surface area contributed by atoms with Crippen molar-refractivity contribution in [2.45, 2.75) is 25.4 Å². The highest BCUT2D eigenvalue weighted by atomic mass is 15.0. The van der Waals surface area contributed by atoms with Crippen molar-refractivity contribution in [2.75, 3.05) is 13.1 Å². The SMILES string of the molecule is c1c[nH]c(CNCCNC2CC2)c1. The van der Waals surface area contributed by atoms with Crippen molar-refractivity contribution in [2.24, 2.45) is 0 Å². The summed E-state index contributed by atoms with van der Waals surface area (Å²) in [6.45, 7) is 3.08. The van der Waals surface area contributed by atoms with Gasteiger partial charge in [0.2, 0.25) is 0 Å². The van der Waals surface area contributed by atoms with E-state index in [9.17, 15) is 0 Å². The smallest absolute Gasteiger partial charge is 0.0357 e. The van der Waals surface area contributed by atoms with Crippen LogP contribution in [-0.4, -0.2) is 24.1 Å². The van der Waals surface area contributed by atoms with Gasteiger partial charge in [-0.05, 0) is 25.0 Å². The van der Waals surface area contributed by atoms with Gasteiger partial charge in [-0.3, -0.25) is 0 Å². The Morgan fingerprint density at radius 1 is 1.38 bits per heavy atom. The number of hydrogen-bond acceptors (Lipinski definition) is 2. The lowest BCUT2D eigenvalue weighted by Crippen LogP contribution is -2.28. The zero-order chi connectivity index (χ0) is 8.93. The average Bonchev–Trinajstić information content (AvgIpc) is 2.81. The summed E-state index contributed by atoms with van der Waals surface area (Å²) in [4.78, 5) is 3.17. The average molecular weight is 179 g/mol. The Hall–Kier alpha value is -0.800. The van der Waals surface area contributed by atoms with Crippen LogP contribution in [0, 0.1) is 0 Å². The largest absolute Gasteiger partial charge is 0.364 e. The first-order valence-corrected chi connectivity index (χ1v) is 5.01. The Labute approximate surface area is 78.9 Å². The van der Waals surface area contributed by atoms with Crippen LogP contribution < -0.4 is 10.6 Å². The molecular weight excluding hydrogens is 162 g/mol. The van der Waals surface area contributed by atoms with Crippen molar-refractivity contribution in [3.05, 3.63) is 24.0 Å². The van der Waals surface area contributed by atoms with Gasteiger partial charge in [0, 0.05) is 37.6 Å². The molecule has 1 fully saturated rings. The first kappa shape index (κ1) is 8.78. The molecule has 0 radical (unpaired) electrons. The Kier molecular flexibility index (Phi) is 3.00. The highest BCUT2D eigenvalue weighted by Gasteiger charge is 2.19. The number of aromatic nitrogens is 1. The minimum Gasteiger partial charge on any atom is -0.364 e. The number of hydrogen-bond donors (Lipinski definition) is 3. The standard InChI is InChI=1S/C10H17N3/c1-2-10(12-5-1)8-11-6-7-13-9-3-4-9/h1-2,5,9,11-13H,3-4,6-8H2. The van der Waals surface area contributed by atoms with Gasteiger partial charge >= 0.3 is 0 Å². The van der Waals surface area contributed by atoms with E-state index in [2.05, 4.69) is 21.7 Å². The minimum absolute atomic E-state index is 0.826. The predicted octanol–water partition coefficient (Wildman–Crippen LogP) is 0.856. The third-order valence-electron chi connectivity index (χ3n) is 2.29. The molecule has 72 valence electrons. The monoisotopic (exact) mass is 179 g/mol. The first-order chi connectivity index (χ1) is 6.45. The van der Waals surface area contributed by atoms with Crippen molar-refractivity contribution in [1.29, 1.82) is 0 Å². The Balaban J connectivity index is 1.48. The van der Waals surface area contributed by atoms with Crippen LogP contribution in [-0.2, 0) is 6.54 Å². The summed E-state index contributed by atoms with van der Waals surface area (Å²) in [6.07, 6.45) is 4.70. The molecule has 1 aliphatic rings. The Morgan fingerprint density at radius 3 is 3.00 bits per heavy atom. The summed E-state index contributed by atoms with van der Waals surface area (Å²) in [5.74, 6) is 0. The zero-order valence-corrected chi connectivity index (χ0v) is 7.84. The number of rotatable bonds is 6. The second-order valence-electron chi connectivity index (χ2n) is 3.60. The van der Waals surface area contributed by atoms with E-state index in [1.54, 1.807) is 0 Å². The van der Waals surface area contributed by atoms with E-state index in [1.807, 2.05) is 12.3 Å². The topological polar surface area (TPSA) is 39.9 Å². The van der Waals surface area contributed by atoms with E-state index in [1.165, 1.54) is 18.5 Å². The molecule has 0 aromatic carbocycles. The highest BCUT2D eigenvalue weighted by Crippen LogP contribution is 2.17. The summed E-state index contributed by atoms with van der Waals surface area (Å²) in [5, 5.41) is 6.84. The van der Waals surface area contributed by atoms with Crippen LogP contribution in [0.3, 0.4) is 0 Å². The van der Waals surface area contributed by atoms with Gasteiger partial charge in [-0.2, -0.15) is 0 Å². The third kappa shape index (κ3) is 3.20. The van der Waals surface area contributed by atoms with Crippen molar-refractivity contribution < 1.29 is 0 Å². The molecule has 0 saturated heterocycles. The van der Waals surface area contributed by atoms with Crippen LogP contribution in [0.4, 0.5) is 0 Å². The fourth-order valence-electron chi connectivity index (χ4n) is 1.35. The fourth-order valence-corrected chi connectivity index (χ4v) is 1.35. The van der Waals surface area contributed by atoms with Crippen LogP contribution in [0.1, 0.15) is 18.5 Å². The second kappa shape index (κ2) is 4.44. The normalized spacial score (nSPS) is 16.3. The molecule has 1 saturated carbocycles. The van der Waals surface area contributed by atoms with Crippen molar-refractivity contribution in [3.8, 4) is 0 Å². The molecule has 1 aromatic rings. The molecule has 1 heterocycles. The van der Waals surface area contributed by atoms with E-state index in [0.29, 0.717) is 0 Å². The van der Waals surface area contributed by atoms with Crippen LogP contribution in [0.15, 0.2) is 18.3 Å². The van der Waals surface area contributed by atoms with Gasteiger partial charge in [0.1, 0.15) is 0 Å². The summed E-state index contributed by atoms with van der Waals surface area (Å²) in [5.41, 5.74) is 1.26. The second-order valence-corrected chi connectivity index (χ2v) is 3.60. The molecule has 0 aliphatic heterocycles. The molecule has 3 heteroatoms. The van der Waals surface area contributed by atoms with E-state index in [0.717, 1.165) is 25.7 Å². The molecule has 0 amide bonds. The van der Waals surface area contributed by atoms with Crippen LogP contribution in [0.2, 0.25) is 0 Å². The Morgan fingerprint density at radius 2 is 2.31 bits per heavy atom. The summed E-state index contributed by atoms with van der Waals surface area (Å²) < 4.78 is 0. The summed E-state index contributed by atoms with van der Waals surface area (Å²) in [7, 11) is 0. The molecule has 1 aliphatic carbocycles. The first-order valence-electron chi connectivity index (χ1n) is 5.01. The van der Waals surface area contributed by atoms with Crippen molar-refractivity contribution >= 4 is 0 Å². The van der Waals surface area contributed by atoms with Gasteiger partial charge in [-0.15, -0.1) is 0 Å². The van der Waals surface area contributed by atoms with E-state index >= 15 is 0 Å². The van der Waals surface area contributed by atoms with E-state index in [-0.39, 0.29) is 0 Å². The maximum atomic E-state index is 3.46. The number of H-pyrrole nitrogens is 1. The fraction of sp³-hybridized carbons (Fsp3) is 0.600. The maximum Gasteiger partial charge on any atom is 0.0357 e. The van der Waals surface area contributed by atoms with Crippen LogP contribution in [0.25, 0.3) is 0 Å². The van der Waals surface area contributed by atoms with Crippen LogP contribution >= 0.6 is 0 Å². The molecule has 1 aromatic heterocycles. The van der Waals surface area contributed by atoms with Gasteiger partial charge in [0.25, 0.3) is 0 Å². The molecule has 0 atom stereocenters. The molecule has 3 N–H and O–H groups in total. The van der Waals surface area contributed by atoms with Gasteiger partial charge in [0.05, 0.1) is 0 Å². The van der Waals surface area contributed by atoms with E-state index < -0.39 is 0 Å². The lowest BCUT2D eigenvalue weighted by molar-refractivity contribution is 0.605. The summed E-state index contributed by atoms with van der Waals surface area (Å²) >= 11 is 0. The molecule has 13 heavy (non-hydrogen) atoms. The van der Waals surface area contributed by atoms with Crippen molar-refractivity contribution in [1.82, 2.24) is 15.6 Å². The molecular formula is C10H17N3. The molecule has 0 spiro atoms. The van der Waals surface area contributed by atoms with Crippen LogP contribution in [0.5, 0.6) is 0 Å². The predicted molar refractivity (Wildman–Crippen MR) is 53.5 cm³/mol.